The minimum Gasteiger partial charge on any atom is -0.444 e. The van der Waals surface area contributed by atoms with Gasteiger partial charge in [-0.1, -0.05) is 35.3 Å². The fourth-order valence-corrected chi connectivity index (χ4v) is 1.64. The minimum absolute atomic E-state index is 0.323. The molecule has 0 atom stereocenters. The van der Waals surface area contributed by atoms with Crippen LogP contribution in [0.25, 0.3) is 0 Å². The normalized spacial score (nSPS) is 10.3. The first-order valence-corrected chi connectivity index (χ1v) is 7.42. The summed E-state index contributed by atoms with van der Waals surface area (Å²) >= 11 is 11.1. The fraction of sp³-hybridized carbons (Fsp3) is 0.267. The summed E-state index contributed by atoms with van der Waals surface area (Å²) in [6.07, 6.45) is -0.544. The fourth-order valence-electron chi connectivity index (χ4n) is 1.31. The Labute approximate surface area is 145 Å². The Morgan fingerprint density at radius 3 is 2.09 bits per heavy atom. The van der Waals surface area contributed by atoms with Crippen molar-refractivity contribution in [3.8, 4) is 0 Å². The molecule has 1 amide bonds. The van der Waals surface area contributed by atoms with Gasteiger partial charge in [-0.15, -0.1) is 0 Å². The van der Waals surface area contributed by atoms with Gasteiger partial charge in [-0.25, -0.2) is 14.8 Å². The van der Waals surface area contributed by atoms with Gasteiger partial charge in [0.15, 0.2) is 0 Å². The first-order valence-electron chi connectivity index (χ1n) is 6.66. The molecular formula is C15H18Cl2N4O2. The van der Waals surface area contributed by atoms with Crippen molar-refractivity contribution in [2.45, 2.75) is 26.4 Å². The summed E-state index contributed by atoms with van der Waals surface area (Å²) in [5, 5.41) is 3.24. The number of nitrogens with one attached hydrogen (secondary N) is 1. The first-order chi connectivity index (χ1) is 10.7. The molecule has 0 aliphatic heterocycles. The smallest absolute Gasteiger partial charge is 0.413 e. The molecule has 2 aromatic rings. The Balaban J connectivity index is 0.000000277. The molecule has 0 radical (unpaired) electrons. The van der Waals surface area contributed by atoms with E-state index in [4.69, 9.17) is 33.7 Å². The summed E-state index contributed by atoms with van der Waals surface area (Å²) in [7, 11) is 0. The summed E-state index contributed by atoms with van der Waals surface area (Å²) in [5.41, 5.74) is 4.74. The molecule has 6 nitrogen and oxygen atoms in total. The Morgan fingerprint density at radius 1 is 1.09 bits per heavy atom. The van der Waals surface area contributed by atoms with Gasteiger partial charge in [-0.05, 0) is 45.0 Å². The van der Waals surface area contributed by atoms with Crippen LogP contribution >= 0.6 is 23.2 Å². The molecule has 0 saturated heterocycles. The Kier molecular flexibility index (Phi) is 7.06. The molecule has 23 heavy (non-hydrogen) atoms. The molecule has 0 spiro atoms. The largest absolute Gasteiger partial charge is 0.444 e. The molecule has 0 aliphatic carbocycles. The second kappa shape index (κ2) is 8.55. The molecule has 3 N–H and O–H groups in total. The van der Waals surface area contributed by atoms with Crippen LogP contribution in [-0.2, 0) is 4.74 Å². The number of nitrogen functional groups attached to an aromatic ring is 1. The maximum atomic E-state index is 11.3. The van der Waals surface area contributed by atoms with Gasteiger partial charge in [0.25, 0.3) is 0 Å². The van der Waals surface area contributed by atoms with Crippen LogP contribution in [0.2, 0.25) is 10.3 Å². The van der Waals surface area contributed by atoms with E-state index in [1.54, 1.807) is 57.2 Å². The summed E-state index contributed by atoms with van der Waals surface area (Å²) in [6.45, 7) is 5.37. The van der Waals surface area contributed by atoms with Crippen molar-refractivity contribution < 1.29 is 9.53 Å². The van der Waals surface area contributed by atoms with Crippen molar-refractivity contribution in [3.63, 3.8) is 0 Å². The number of anilines is 2. The third-order valence-corrected chi connectivity index (χ3v) is 2.50. The van der Waals surface area contributed by atoms with Gasteiger partial charge in [0.05, 0.1) is 0 Å². The van der Waals surface area contributed by atoms with Crippen molar-refractivity contribution >= 4 is 40.9 Å². The Hall–Kier alpha value is -2.05. The van der Waals surface area contributed by atoms with E-state index >= 15 is 0 Å². The molecule has 0 unspecified atom stereocenters. The lowest BCUT2D eigenvalue weighted by Crippen LogP contribution is -2.27. The number of halogens is 2. The molecular weight excluding hydrogens is 339 g/mol. The van der Waals surface area contributed by atoms with E-state index in [9.17, 15) is 4.79 Å². The number of hydrogen-bond acceptors (Lipinski definition) is 5. The Morgan fingerprint density at radius 2 is 1.65 bits per heavy atom. The number of pyridine rings is 2. The van der Waals surface area contributed by atoms with Crippen LogP contribution in [0.1, 0.15) is 20.8 Å². The van der Waals surface area contributed by atoms with Crippen molar-refractivity contribution in [3.05, 3.63) is 46.7 Å². The molecule has 2 aromatic heterocycles. The summed E-state index contributed by atoms with van der Waals surface area (Å²) in [5.74, 6) is 0.828. The predicted molar refractivity (Wildman–Crippen MR) is 92.8 cm³/mol. The van der Waals surface area contributed by atoms with E-state index in [0.717, 1.165) is 0 Å². The lowest BCUT2D eigenvalue weighted by atomic mass is 10.2. The number of carbonyl (C=O) groups excluding carboxylic acids is 1. The lowest BCUT2D eigenvalue weighted by Gasteiger charge is -2.19. The zero-order valence-electron chi connectivity index (χ0n) is 13.0. The van der Waals surface area contributed by atoms with E-state index in [1.807, 2.05) is 0 Å². The van der Waals surface area contributed by atoms with Crippen LogP contribution in [0.15, 0.2) is 36.4 Å². The molecule has 124 valence electrons. The van der Waals surface area contributed by atoms with Gasteiger partial charge in [0.2, 0.25) is 0 Å². The number of nitrogens with two attached hydrogens (primary N) is 1. The highest BCUT2D eigenvalue weighted by Gasteiger charge is 2.16. The maximum Gasteiger partial charge on any atom is 0.413 e. The summed E-state index contributed by atoms with van der Waals surface area (Å²) in [4.78, 5) is 18.9. The maximum absolute atomic E-state index is 11.3. The highest BCUT2D eigenvalue weighted by molar-refractivity contribution is 6.29. The van der Waals surface area contributed by atoms with Crippen molar-refractivity contribution in [1.82, 2.24) is 9.97 Å². The molecule has 2 heterocycles. The number of aromatic nitrogens is 2. The van der Waals surface area contributed by atoms with E-state index in [0.29, 0.717) is 21.9 Å². The topological polar surface area (TPSA) is 90.1 Å². The van der Waals surface area contributed by atoms with Crippen molar-refractivity contribution in [2.24, 2.45) is 0 Å². The van der Waals surface area contributed by atoms with Crippen LogP contribution in [-0.4, -0.2) is 21.7 Å². The average Bonchev–Trinajstić information content (AvgIpc) is 2.36. The highest BCUT2D eigenvalue weighted by Crippen LogP contribution is 2.12. The Bertz CT molecular complexity index is 643. The van der Waals surface area contributed by atoms with Gasteiger partial charge < -0.3 is 10.5 Å². The number of rotatable bonds is 1. The molecule has 0 aliphatic rings. The van der Waals surface area contributed by atoms with Gasteiger partial charge in [0.1, 0.15) is 27.5 Å². The van der Waals surface area contributed by atoms with Crippen LogP contribution in [0, 0.1) is 0 Å². The number of carbonyl (C=O) groups is 1. The first kappa shape index (κ1) is 19.0. The number of hydrogen-bond donors (Lipinski definition) is 2. The molecule has 2 rings (SSSR count). The molecule has 0 saturated carbocycles. The molecule has 0 bridgehead atoms. The molecule has 8 heteroatoms. The summed E-state index contributed by atoms with van der Waals surface area (Å²) < 4.78 is 5.05. The molecule has 0 fully saturated rings. The third-order valence-electron chi connectivity index (χ3n) is 2.08. The van der Waals surface area contributed by atoms with Crippen molar-refractivity contribution in [2.75, 3.05) is 11.1 Å². The quantitative estimate of drug-likeness (QED) is 0.739. The van der Waals surface area contributed by atoms with Crippen LogP contribution in [0.4, 0.5) is 16.4 Å². The number of ether oxygens (including phenoxy) is 1. The van der Waals surface area contributed by atoms with Gasteiger partial charge in [-0.3, -0.25) is 5.32 Å². The zero-order chi connectivity index (χ0) is 17.5. The van der Waals surface area contributed by atoms with E-state index in [-0.39, 0.29) is 0 Å². The summed E-state index contributed by atoms with van der Waals surface area (Å²) in [6, 6.07) is 10.1. The third kappa shape index (κ3) is 8.85. The molecule has 0 aromatic carbocycles. The zero-order valence-corrected chi connectivity index (χ0v) is 14.5. The van der Waals surface area contributed by atoms with E-state index in [2.05, 4.69) is 15.3 Å². The monoisotopic (exact) mass is 356 g/mol. The van der Waals surface area contributed by atoms with E-state index in [1.165, 1.54) is 0 Å². The van der Waals surface area contributed by atoms with Gasteiger partial charge in [-0.2, -0.15) is 0 Å². The van der Waals surface area contributed by atoms with Crippen LogP contribution < -0.4 is 11.1 Å². The standard InChI is InChI=1S/C10H13ClN2O2.C5H5ClN2/c1-10(2,3)15-9(14)13-8-6-4-5-7(11)12-8;6-4-2-1-3-5(7)8-4/h4-6H,1-3H3,(H,12,13,14);1-3H,(H2,7,8). The second-order valence-electron chi connectivity index (χ2n) is 5.36. The lowest BCUT2D eigenvalue weighted by molar-refractivity contribution is 0.0635. The average molecular weight is 357 g/mol. The SMILES string of the molecule is CC(C)(C)OC(=O)Nc1cccc(Cl)n1.Nc1cccc(Cl)n1. The minimum atomic E-state index is -0.544. The number of amides is 1. The van der Waals surface area contributed by atoms with Crippen molar-refractivity contribution in [1.29, 1.82) is 0 Å². The van der Waals surface area contributed by atoms with Gasteiger partial charge >= 0.3 is 6.09 Å². The van der Waals surface area contributed by atoms with E-state index < -0.39 is 11.7 Å². The van der Waals surface area contributed by atoms with Crippen LogP contribution in [0.5, 0.6) is 0 Å². The second-order valence-corrected chi connectivity index (χ2v) is 6.13. The predicted octanol–water partition coefficient (Wildman–Crippen LogP) is 4.40. The van der Waals surface area contributed by atoms with Gasteiger partial charge in [0, 0.05) is 0 Å². The van der Waals surface area contributed by atoms with Crippen LogP contribution in [0.3, 0.4) is 0 Å². The number of nitrogens with zero attached hydrogens (tertiary/aromatic N) is 2. The highest BCUT2D eigenvalue weighted by atomic mass is 35.5.